The number of hydrogen-bond donors (Lipinski definition) is 2. The van der Waals surface area contributed by atoms with Gasteiger partial charge in [-0.3, -0.25) is 14.9 Å². The Morgan fingerprint density at radius 3 is 2.61 bits per heavy atom. The number of carbonyl (C=O) groups excluding carboxylic acids is 3. The molecule has 9 heteroatoms. The van der Waals surface area contributed by atoms with E-state index < -0.39 is 17.5 Å². The van der Waals surface area contributed by atoms with Crippen molar-refractivity contribution in [3.8, 4) is 23.3 Å². The minimum absolute atomic E-state index is 0.129. The molecular weight excluding hydrogens is 422 g/mol. The number of imide groups is 1. The fourth-order valence-electron chi connectivity index (χ4n) is 3.56. The number of urea groups is 1. The van der Waals surface area contributed by atoms with Crippen LogP contribution in [0.3, 0.4) is 0 Å². The first-order valence-corrected chi connectivity index (χ1v) is 9.69. The molecule has 1 fully saturated rings. The highest BCUT2D eigenvalue weighted by molar-refractivity contribution is 6.30. The molecule has 0 spiro atoms. The molecule has 2 aliphatic heterocycles. The molecule has 31 heavy (non-hydrogen) atoms. The molecule has 2 heterocycles. The number of benzene rings is 2. The normalized spacial score (nSPS) is 19.3. The molecule has 0 unspecified atom stereocenters. The molecule has 0 radical (unpaired) electrons. The number of methoxy groups -OCH3 is 2. The zero-order chi connectivity index (χ0) is 22.2. The number of nitrogens with one attached hydrogen (secondary N) is 2. The van der Waals surface area contributed by atoms with E-state index in [2.05, 4.69) is 22.5 Å². The maximum Gasteiger partial charge on any atom is 0.323 e. The average molecular weight is 440 g/mol. The molecule has 1 atom stereocenters. The van der Waals surface area contributed by atoms with Crippen LogP contribution in [0.5, 0.6) is 11.5 Å². The molecule has 1 saturated heterocycles. The predicted molar refractivity (Wildman–Crippen MR) is 112 cm³/mol. The first-order chi connectivity index (χ1) is 14.8. The zero-order valence-electron chi connectivity index (χ0n) is 16.7. The molecule has 0 aromatic heterocycles. The second kappa shape index (κ2) is 7.85. The maximum atomic E-state index is 12.9. The quantitative estimate of drug-likeness (QED) is 0.560. The van der Waals surface area contributed by atoms with Crippen molar-refractivity contribution in [1.29, 1.82) is 0 Å². The monoisotopic (exact) mass is 439 g/mol. The summed E-state index contributed by atoms with van der Waals surface area (Å²) in [5.41, 5.74) is 0.120. The molecule has 0 aliphatic carbocycles. The molecule has 158 valence electrons. The van der Waals surface area contributed by atoms with Gasteiger partial charge in [0, 0.05) is 17.1 Å². The van der Waals surface area contributed by atoms with Gasteiger partial charge in [-0.25, -0.2) is 4.79 Å². The number of nitrogens with zero attached hydrogens (tertiary/aromatic N) is 1. The van der Waals surface area contributed by atoms with Gasteiger partial charge in [0.25, 0.3) is 11.8 Å². The molecule has 2 aliphatic rings. The lowest BCUT2D eigenvalue weighted by molar-refractivity contribution is -0.122. The van der Waals surface area contributed by atoms with Crippen molar-refractivity contribution >= 4 is 29.4 Å². The van der Waals surface area contributed by atoms with E-state index in [4.69, 9.17) is 21.1 Å². The van der Waals surface area contributed by atoms with Gasteiger partial charge in [-0.2, -0.15) is 0 Å². The van der Waals surface area contributed by atoms with Crippen LogP contribution < -0.4 is 20.1 Å². The van der Waals surface area contributed by atoms with E-state index in [-0.39, 0.29) is 19.0 Å². The van der Waals surface area contributed by atoms with Crippen LogP contribution in [0.2, 0.25) is 5.02 Å². The Labute approximate surface area is 183 Å². The van der Waals surface area contributed by atoms with Gasteiger partial charge in [-0.05, 0) is 35.9 Å². The summed E-state index contributed by atoms with van der Waals surface area (Å²) in [6.07, 6.45) is 0. The van der Waals surface area contributed by atoms with Crippen LogP contribution in [-0.4, -0.2) is 49.0 Å². The summed E-state index contributed by atoms with van der Waals surface area (Å²) >= 11 is 6.05. The summed E-state index contributed by atoms with van der Waals surface area (Å²) in [6.45, 7) is 0.154. The van der Waals surface area contributed by atoms with Crippen LogP contribution in [0.15, 0.2) is 36.4 Å². The second-order valence-electron chi connectivity index (χ2n) is 7.09. The lowest BCUT2D eigenvalue weighted by Crippen LogP contribution is -2.54. The molecular formula is C22H18ClN3O5. The third kappa shape index (κ3) is 3.76. The highest BCUT2D eigenvalue weighted by Crippen LogP contribution is 2.29. The topological polar surface area (TPSA) is 97.0 Å². The van der Waals surface area contributed by atoms with Crippen LogP contribution in [0.4, 0.5) is 4.79 Å². The lowest BCUT2D eigenvalue weighted by atomic mass is 9.99. The van der Waals surface area contributed by atoms with Crippen molar-refractivity contribution in [2.45, 2.75) is 12.1 Å². The van der Waals surface area contributed by atoms with E-state index in [1.165, 1.54) is 19.1 Å². The number of rotatable bonds is 4. The Morgan fingerprint density at radius 2 is 1.94 bits per heavy atom. The third-order valence-electron chi connectivity index (χ3n) is 5.14. The van der Waals surface area contributed by atoms with E-state index in [0.29, 0.717) is 27.6 Å². The van der Waals surface area contributed by atoms with Crippen molar-refractivity contribution in [1.82, 2.24) is 15.5 Å². The van der Waals surface area contributed by atoms with Gasteiger partial charge in [0.2, 0.25) is 5.54 Å². The summed E-state index contributed by atoms with van der Waals surface area (Å²) in [5, 5.41) is 5.22. The average Bonchev–Trinajstić information content (AvgIpc) is 3.21. The van der Waals surface area contributed by atoms with Crippen LogP contribution in [0.25, 0.3) is 0 Å². The van der Waals surface area contributed by atoms with E-state index in [9.17, 15) is 14.4 Å². The predicted octanol–water partition coefficient (Wildman–Crippen LogP) is 1.94. The minimum Gasteiger partial charge on any atom is -0.497 e. The van der Waals surface area contributed by atoms with Crippen molar-refractivity contribution in [3.63, 3.8) is 0 Å². The fraction of sp³-hybridized carbons (Fsp3) is 0.227. The summed E-state index contributed by atoms with van der Waals surface area (Å²) in [5.74, 6) is 5.83. The Kier molecular flexibility index (Phi) is 5.21. The maximum absolute atomic E-state index is 12.9. The van der Waals surface area contributed by atoms with Crippen molar-refractivity contribution in [2.75, 3.05) is 20.8 Å². The Hall–Kier alpha value is -3.70. The highest BCUT2D eigenvalue weighted by atomic mass is 35.5. The standard InChI is InChI=1S/C22H18ClN3O5/c1-30-16-5-3-14-11-26(19(27)17(14)10-16)12-22(20(28)24-21(29)25-22)8-7-13-9-15(23)4-6-18(13)31-2/h3-6,9-10H,11-12H2,1-2H3,(H2,24,25,28,29)/t22-/m1/s1. The second-order valence-corrected chi connectivity index (χ2v) is 7.53. The molecule has 8 nitrogen and oxygen atoms in total. The Morgan fingerprint density at radius 1 is 1.13 bits per heavy atom. The number of ether oxygens (including phenoxy) is 2. The van der Waals surface area contributed by atoms with E-state index >= 15 is 0 Å². The summed E-state index contributed by atoms with van der Waals surface area (Å²) < 4.78 is 10.5. The van der Waals surface area contributed by atoms with Gasteiger partial charge in [0.1, 0.15) is 11.5 Å². The van der Waals surface area contributed by atoms with Crippen molar-refractivity contribution in [2.24, 2.45) is 0 Å². The summed E-state index contributed by atoms with van der Waals surface area (Å²) in [4.78, 5) is 39.1. The van der Waals surface area contributed by atoms with Crippen molar-refractivity contribution < 1.29 is 23.9 Å². The minimum atomic E-state index is -1.62. The highest BCUT2D eigenvalue weighted by Gasteiger charge is 2.48. The number of carbonyl (C=O) groups is 3. The first kappa shape index (κ1) is 20.6. The van der Waals surface area contributed by atoms with E-state index in [1.54, 1.807) is 36.4 Å². The van der Waals surface area contributed by atoms with Crippen LogP contribution in [0.1, 0.15) is 21.5 Å². The zero-order valence-corrected chi connectivity index (χ0v) is 17.5. The molecule has 4 rings (SSSR count). The summed E-state index contributed by atoms with van der Waals surface area (Å²) in [6, 6.07) is 9.44. The van der Waals surface area contributed by atoms with Gasteiger partial charge in [0.05, 0.1) is 26.3 Å². The van der Waals surface area contributed by atoms with Gasteiger partial charge < -0.3 is 19.7 Å². The Balaban J connectivity index is 1.68. The van der Waals surface area contributed by atoms with E-state index in [0.717, 1.165) is 5.56 Å². The van der Waals surface area contributed by atoms with Gasteiger partial charge in [0.15, 0.2) is 0 Å². The molecule has 0 saturated carbocycles. The number of hydrogen-bond acceptors (Lipinski definition) is 5. The Bertz CT molecular complexity index is 1170. The fourth-order valence-corrected chi connectivity index (χ4v) is 3.74. The number of amides is 4. The number of halogens is 1. The first-order valence-electron chi connectivity index (χ1n) is 9.32. The SMILES string of the molecule is COc1ccc2c(c1)C(=O)N(C[C@@]1(C#Cc3cc(Cl)ccc3OC)NC(=O)NC1=O)C2. The molecule has 4 amide bonds. The molecule has 2 aromatic carbocycles. The molecule has 0 bridgehead atoms. The molecule has 2 aromatic rings. The summed E-state index contributed by atoms with van der Waals surface area (Å²) in [7, 11) is 3.01. The van der Waals surface area contributed by atoms with Crippen LogP contribution in [0, 0.1) is 11.8 Å². The number of fused-ring (bicyclic) bond motifs is 1. The molecule has 2 N–H and O–H groups in total. The van der Waals surface area contributed by atoms with Gasteiger partial charge in [-0.15, -0.1) is 0 Å². The van der Waals surface area contributed by atoms with E-state index in [1.807, 2.05) is 0 Å². The largest absolute Gasteiger partial charge is 0.497 e. The third-order valence-corrected chi connectivity index (χ3v) is 5.37. The smallest absolute Gasteiger partial charge is 0.323 e. The lowest BCUT2D eigenvalue weighted by Gasteiger charge is -2.26. The van der Waals surface area contributed by atoms with Gasteiger partial charge >= 0.3 is 6.03 Å². The van der Waals surface area contributed by atoms with Crippen LogP contribution in [-0.2, 0) is 11.3 Å². The van der Waals surface area contributed by atoms with Crippen molar-refractivity contribution in [3.05, 3.63) is 58.1 Å². The van der Waals surface area contributed by atoms with Crippen LogP contribution >= 0.6 is 11.6 Å². The van der Waals surface area contributed by atoms with Gasteiger partial charge in [-0.1, -0.05) is 29.5 Å².